The smallest absolute Gasteiger partial charge is 0.145 e. The lowest BCUT2D eigenvalue weighted by Crippen LogP contribution is -2.20. The second-order valence-corrected chi connectivity index (χ2v) is 4.83. The summed E-state index contributed by atoms with van der Waals surface area (Å²) in [5.74, 6) is 8.03. The zero-order valence-corrected chi connectivity index (χ0v) is 11.8. The highest BCUT2D eigenvalue weighted by molar-refractivity contribution is 5.47. The summed E-state index contributed by atoms with van der Waals surface area (Å²) in [6.45, 7) is 8.52. The molecule has 0 fully saturated rings. The summed E-state index contributed by atoms with van der Waals surface area (Å²) < 4.78 is 0. The monoisotopic (exact) mass is 251 g/mol. The van der Waals surface area contributed by atoms with Gasteiger partial charge in [-0.25, -0.2) is 15.8 Å². The van der Waals surface area contributed by atoms with Crippen molar-refractivity contribution in [3.05, 3.63) is 11.9 Å². The van der Waals surface area contributed by atoms with Crippen molar-refractivity contribution in [2.45, 2.75) is 58.9 Å². The van der Waals surface area contributed by atoms with Crippen molar-refractivity contribution in [1.29, 1.82) is 0 Å². The Morgan fingerprint density at radius 3 is 2.39 bits per heavy atom. The second-order valence-electron chi connectivity index (χ2n) is 4.83. The van der Waals surface area contributed by atoms with Gasteiger partial charge in [-0.1, -0.05) is 34.1 Å². The third-order valence-corrected chi connectivity index (χ3v) is 2.89. The molecule has 4 N–H and O–H groups in total. The van der Waals surface area contributed by atoms with Gasteiger partial charge in [-0.15, -0.1) is 0 Å². The summed E-state index contributed by atoms with van der Waals surface area (Å²) >= 11 is 0. The summed E-state index contributed by atoms with van der Waals surface area (Å²) in [4.78, 5) is 8.88. The Hall–Kier alpha value is -1.36. The van der Waals surface area contributed by atoms with Crippen molar-refractivity contribution < 1.29 is 0 Å². The Balaban J connectivity index is 2.89. The van der Waals surface area contributed by atoms with E-state index in [4.69, 9.17) is 5.84 Å². The number of nitrogens with zero attached hydrogens (tertiary/aromatic N) is 2. The first-order chi connectivity index (χ1) is 8.60. The average Bonchev–Trinajstić information content (AvgIpc) is 2.37. The minimum Gasteiger partial charge on any atom is -0.367 e. The first kappa shape index (κ1) is 14.7. The van der Waals surface area contributed by atoms with E-state index >= 15 is 0 Å². The summed E-state index contributed by atoms with van der Waals surface area (Å²) in [7, 11) is 0. The van der Waals surface area contributed by atoms with E-state index in [-0.39, 0.29) is 5.92 Å². The van der Waals surface area contributed by atoms with Crippen LogP contribution in [0.1, 0.15) is 58.7 Å². The molecule has 1 aromatic heterocycles. The average molecular weight is 251 g/mol. The van der Waals surface area contributed by atoms with Gasteiger partial charge in [-0.05, 0) is 12.8 Å². The van der Waals surface area contributed by atoms with Gasteiger partial charge in [0.25, 0.3) is 0 Å². The van der Waals surface area contributed by atoms with Crippen LogP contribution in [-0.4, -0.2) is 16.0 Å². The first-order valence-electron chi connectivity index (χ1n) is 6.72. The zero-order chi connectivity index (χ0) is 13.5. The van der Waals surface area contributed by atoms with Crippen LogP contribution < -0.4 is 16.6 Å². The van der Waals surface area contributed by atoms with Gasteiger partial charge in [-0.3, -0.25) is 0 Å². The van der Waals surface area contributed by atoms with Gasteiger partial charge >= 0.3 is 0 Å². The molecule has 1 atom stereocenters. The predicted octanol–water partition coefficient (Wildman–Crippen LogP) is 2.88. The van der Waals surface area contributed by atoms with Gasteiger partial charge in [-0.2, -0.15) is 0 Å². The van der Waals surface area contributed by atoms with Gasteiger partial charge in [0.15, 0.2) is 0 Å². The molecule has 0 aliphatic carbocycles. The lowest BCUT2D eigenvalue weighted by atomic mass is 10.1. The molecule has 1 rings (SSSR count). The molecule has 1 heterocycles. The molecule has 0 aliphatic rings. The van der Waals surface area contributed by atoms with Gasteiger partial charge in [0.05, 0.1) is 0 Å². The molecule has 0 aromatic carbocycles. The number of nitrogen functional groups attached to an aromatic ring is 1. The first-order valence-corrected chi connectivity index (χ1v) is 6.72. The van der Waals surface area contributed by atoms with E-state index in [0.717, 1.165) is 30.9 Å². The number of aromatic nitrogens is 2. The van der Waals surface area contributed by atoms with Crippen LogP contribution in [0.4, 0.5) is 11.6 Å². The lowest BCUT2D eigenvalue weighted by molar-refractivity contribution is 0.619. The van der Waals surface area contributed by atoms with Gasteiger partial charge < -0.3 is 10.7 Å². The van der Waals surface area contributed by atoms with E-state index in [0.29, 0.717) is 11.9 Å². The normalized spacial score (nSPS) is 12.6. The molecule has 1 aromatic rings. The van der Waals surface area contributed by atoms with Crippen molar-refractivity contribution in [3.8, 4) is 0 Å². The van der Waals surface area contributed by atoms with E-state index in [1.807, 2.05) is 6.07 Å². The molecule has 0 saturated heterocycles. The maximum Gasteiger partial charge on any atom is 0.145 e. The largest absolute Gasteiger partial charge is 0.367 e. The number of hydrogen-bond acceptors (Lipinski definition) is 5. The zero-order valence-electron chi connectivity index (χ0n) is 11.8. The van der Waals surface area contributed by atoms with E-state index < -0.39 is 0 Å². The van der Waals surface area contributed by atoms with Gasteiger partial charge in [0, 0.05) is 18.0 Å². The summed E-state index contributed by atoms with van der Waals surface area (Å²) in [6.07, 6.45) is 3.39. The predicted molar refractivity (Wildman–Crippen MR) is 76.5 cm³/mol. The molecule has 0 saturated carbocycles. The second kappa shape index (κ2) is 7.16. The Morgan fingerprint density at radius 1 is 1.22 bits per heavy atom. The molecule has 18 heavy (non-hydrogen) atoms. The molecular weight excluding hydrogens is 226 g/mol. The summed E-state index contributed by atoms with van der Waals surface area (Å²) in [5.41, 5.74) is 2.59. The quantitative estimate of drug-likeness (QED) is 0.513. The molecule has 0 spiro atoms. The van der Waals surface area contributed by atoms with Crippen molar-refractivity contribution >= 4 is 11.6 Å². The Morgan fingerprint density at radius 2 is 1.89 bits per heavy atom. The lowest BCUT2D eigenvalue weighted by Gasteiger charge is -2.18. The highest BCUT2D eigenvalue weighted by atomic mass is 15.3. The molecule has 5 nitrogen and oxygen atoms in total. The van der Waals surface area contributed by atoms with Crippen LogP contribution in [0.2, 0.25) is 0 Å². The van der Waals surface area contributed by atoms with E-state index in [2.05, 4.69) is 48.4 Å². The topological polar surface area (TPSA) is 75.9 Å². The fraction of sp³-hybridized carbons (Fsp3) is 0.692. The van der Waals surface area contributed by atoms with Crippen LogP contribution >= 0.6 is 0 Å². The molecule has 102 valence electrons. The highest BCUT2D eigenvalue weighted by Gasteiger charge is 2.10. The van der Waals surface area contributed by atoms with E-state index in [9.17, 15) is 0 Å². The molecule has 0 radical (unpaired) electrons. The summed E-state index contributed by atoms with van der Waals surface area (Å²) in [5, 5.41) is 3.45. The molecule has 0 bridgehead atoms. The standard InChI is InChI=1S/C13H25N5/c1-5-7-10(6-2)15-11-8-12(18-14)17-13(16-11)9(3)4/h8-10H,5-7,14H2,1-4H3,(H2,15,16,17,18). The van der Waals surface area contributed by atoms with Crippen LogP contribution in [0.3, 0.4) is 0 Å². The van der Waals surface area contributed by atoms with Gasteiger partial charge in [0.1, 0.15) is 17.5 Å². The van der Waals surface area contributed by atoms with Crippen molar-refractivity contribution in [3.63, 3.8) is 0 Å². The fourth-order valence-corrected chi connectivity index (χ4v) is 1.81. The number of nitrogens with one attached hydrogen (secondary N) is 2. The minimum atomic E-state index is 0.283. The number of hydrogen-bond donors (Lipinski definition) is 3. The van der Waals surface area contributed by atoms with E-state index in [1.165, 1.54) is 0 Å². The van der Waals surface area contributed by atoms with Crippen LogP contribution in [0.5, 0.6) is 0 Å². The SMILES string of the molecule is CCCC(CC)Nc1cc(NN)nc(C(C)C)n1. The maximum atomic E-state index is 5.44. The number of anilines is 2. The third-order valence-electron chi connectivity index (χ3n) is 2.89. The Bertz CT molecular complexity index is 364. The molecule has 1 unspecified atom stereocenters. The molecular formula is C13H25N5. The Kier molecular flexibility index (Phi) is 5.85. The fourth-order valence-electron chi connectivity index (χ4n) is 1.81. The van der Waals surface area contributed by atoms with Crippen LogP contribution in [-0.2, 0) is 0 Å². The molecule has 5 heteroatoms. The van der Waals surface area contributed by atoms with Crippen LogP contribution in [0.15, 0.2) is 6.07 Å². The highest BCUT2D eigenvalue weighted by Crippen LogP contribution is 2.18. The summed E-state index contributed by atoms with van der Waals surface area (Å²) in [6, 6.07) is 2.31. The van der Waals surface area contributed by atoms with E-state index in [1.54, 1.807) is 0 Å². The van der Waals surface area contributed by atoms with Crippen molar-refractivity contribution in [1.82, 2.24) is 9.97 Å². The number of nitrogens with two attached hydrogens (primary N) is 1. The van der Waals surface area contributed by atoms with Crippen molar-refractivity contribution in [2.75, 3.05) is 10.7 Å². The maximum absolute atomic E-state index is 5.44. The third kappa shape index (κ3) is 4.14. The Labute approximate surface area is 110 Å². The number of rotatable bonds is 7. The van der Waals surface area contributed by atoms with Crippen LogP contribution in [0.25, 0.3) is 0 Å². The van der Waals surface area contributed by atoms with Gasteiger partial charge in [0.2, 0.25) is 0 Å². The molecule has 0 aliphatic heterocycles. The number of hydrazine groups is 1. The minimum absolute atomic E-state index is 0.283. The van der Waals surface area contributed by atoms with Crippen molar-refractivity contribution in [2.24, 2.45) is 5.84 Å². The molecule has 0 amide bonds. The van der Waals surface area contributed by atoms with Crippen LogP contribution in [0, 0.1) is 0 Å².